The quantitative estimate of drug-likeness (QED) is 0.890. The number of hydrogen-bond donors (Lipinski definition) is 2. The number of fused-ring (bicyclic) bond motifs is 1. The fourth-order valence-electron chi connectivity index (χ4n) is 6.65. The van der Waals surface area contributed by atoms with Crippen molar-refractivity contribution >= 4 is 11.9 Å². The zero-order chi connectivity index (χ0) is 17.2. The third kappa shape index (κ3) is 2.26. The van der Waals surface area contributed by atoms with Gasteiger partial charge < -0.3 is 10.4 Å². The number of amides is 1. The molecule has 0 spiro atoms. The number of benzene rings is 1. The van der Waals surface area contributed by atoms with Gasteiger partial charge in [-0.1, -0.05) is 24.3 Å². The van der Waals surface area contributed by atoms with Crippen molar-refractivity contribution in [2.45, 2.75) is 56.9 Å². The van der Waals surface area contributed by atoms with E-state index in [0.717, 1.165) is 30.4 Å². The van der Waals surface area contributed by atoms with Gasteiger partial charge in [-0.05, 0) is 67.4 Å². The van der Waals surface area contributed by atoms with Gasteiger partial charge in [-0.25, -0.2) is 4.79 Å². The summed E-state index contributed by atoms with van der Waals surface area (Å²) in [6, 6.07) is 7.85. The van der Waals surface area contributed by atoms with Gasteiger partial charge in [0.05, 0.1) is 0 Å². The van der Waals surface area contributed by atoms with Crippen LogP contribution in [0, 0.1) is 23.2 Å². The van der Waals surface area contributed by atoms with Crippen LogP contribution in [0.2, 0.25) is 0 Å². The number of carbonyl (C=O) groups excluding carboxylic acids is 1. The maximum atomic E-state index is 13.3. The number of aliphatic carboxylic acids is 1. The van der Waals surface area contributed by atoms with Crippen molar-refractivity contribution in [3.05, 3.63) is 35.4 Å². The molecule has 4 saturated carbocycles. The molecule has 1 aromatic carbocycles. The predicted octanol–water partition coefficient (Wildman–Crippen LogP) is 2.94. The Morgan fingerprint density at radius 3 is 1.84 bits per heavy atom. The molecule has 2 N–H and O–H groups in total. The van der Waals surface area contributed by atoms with Crippen molar-refractivity contribution in [3.63, 3.8) is 0 Å². The van der Waals surface area contributed by atoms with E-state index in [1.54, 1.807) is 0 Å². The molecule has 25 heavy (non-hydrogen) atoms. The molecule has 6 rings (SSSR count). The molecule has 0 aliphatic heterocycles. The molecule has 4 bridgehead atoms. The van der Waals surface area contributed by atoms with Gasteiger partial charge in [0.2, 0.25) is 5.91 Å². The molecule has 1 amide bonds. The van der Waals surface area contributed by atoms with Crippen LogP contribution in [-0.2, 0) is 22.4 Å². The highest BCUT2D eigenvalue weighted by Gasteiger charge is 2.56. The van der Waals surface area contributed by atoms with E-state index in [1.165, 1.54) is 19.3 Å². The SMILES string of the molecule is O=C(NC1(C(=O)O)Cc2ccccc2C1)C12CC3CC(CC(C3)C1)C2. The van der Waals surface area contributed by atoms with Crippen LogP contribution in [0.15, 0.2) is 24.3 Å². The van der Waals surface area contributed by atoms with Gasteiger partial charge in [0.25, 0.3) is 0 Å². The summed E-state index contributed by atoms with van der Waals surface area (Å²) in [7, 11) is 0. The van der Waals surface area contributed by atoms with Gasteiger partial charge in [-0.3, -0.25) is 4.79 Å². The van der Waals surface area contributed by atoms with Crippen LogP contribution >= 0.6 is 0 Å². The van der Waals surface area contributed by atoms with E-state index in [-0.39, 0.29) is 11.3 Å². The summed E-state index contributed by atoms with van der Waals surface area (Å²) >= 11 is 0. The minimum Gasteiger partial charge on any atom is -0.479 e. The molecule has 5 aliphatic carbocycles. The Labute approximate surface area is 148 Å². The normalized spacial score (nSPS) is 36.9. The van der Waals surface area contributed by atoms with E-state index < -0.39 is 11.5 Å². The lowest BCUT2D eigenvalue weighted by Gasteiger charge is -2.56. The molecular formula is C21H25NO3. The van der Waals surface area contributed by atoms with Gasteiger partial charge >= 0.3 is 5.97 Å². The van der Waals surface area contributed by atoms with Crippen molar-refractivity contribution in [1.29, 1.82) is 0 Å². The van der Waals surface area contributed by atoms with E-state index in [4.69, 9.17) is 0 Å². The van der Waals surface area contributed by atoms with Crippen LogP contribution in [-0.4, -0.2) is 22.5 Å². The first-order chi connectivity index (χ1) is 12.0. The van der Waals surface area contributed by atoms with Crippen molar-refractivity contribution < 1.29 is 14.7 Å². The number of hydrogen-bond acceptors (Lipinski definition) is 2. The lowest BCUT2D eigenvalue weighted by molar-refractivity contribution is -0.155. The Kier molecular flexibility index (Phi) is 3.14. The fraction of sp³-hybridized carbons (Fsp3) is 0.619. The zero-order valence-corrected chi connectivity index (χ0v) is 14.5. The average Bonchev–Trinajstić information content (AvgIpc) is 2.93. The van der Waals surface area contributed by atoms with E-state index in [1.807, 2.05) is 24.3 Å². The van der Waals surface area contributed by atoms with Gasteiger partial charge in [-0.15, -0.1) is 0 Å². The molecule has 0 saturated heterocycles. The van der Waals surface area contributed by atoms with Gasteiger partial charge in [-0.2, -0.15) is 0 Å². The number of rotatable bonds is 3. The van der Waals surface area contributed by atoms with Crippen molar-refractivity contribution in [3.8, 4) is 0 Å². The molecule has 0 unspecified atom stereocenters. The van der Waals surface area contributed by atoms with Gasteiger partial charge in [0.1, 0.15) is 5.54 Å². The first-order valence-corrected chi connectivity index (χ1v) is 9.61. The maximum Gasteiger partial charge on any atom is 0.330 e. The summed E-state index contributed by atoms with van der Waals surface area (Å²) in [5, 5.41) is 13.0. The highest BCUT2D eigenvalue weighted by atomic mass is 16.4. The highest BCUT2D eigenvalue weighted by molar-refractivity contribution is 5.91. The number of nitrogens with one attached hydrogen (secondary N) is 1. The molecule has 5 aliphatic rings. The Hall–Kier alpha value is -1.84. The van der Waals surface area contributed by atoms with Crippen LogP contribution < -0.4 is 5.32 Å². The monoisotopic (exact) mass is 339 g/mol. The molecule has 4 fully saturated rings. The van der Waals surface area contributed by atoms with Crippen LogP contribution in [0.1, 0.15) is 49.7 Å². The van der Waals surface area contributed by atoms with Crippen LogP contribution in [0.25, 0.3) is 0 Å². The third-order valence-corrected chi connectivity index (χ3v) is 7.38. The molecule has 1 aromatic rings. The molecule has 4 nitrogen and oxygen atoms in total. The average molecular weight is 339 g/mol. The number of carbonyl (C=O) groups is 2. The summed E-state index contributed by atoms with van der Waals surface area (Å²) in [4.78, 5) is 25.5. The van der Waals surface area contributed by atoms with Crippen molar-refractivity contribution in [1.82, 2.24) is 5.32 Å². The molecule has 0 radical (unpaired) electrons. The smallest absolute Gasteiger partial charge is 0.330 e. The Balaban J connectivity index is 1.42. The highest BCUT2D eigenvalue weighted by Crippen LogP contribution is 2.60. The van der Waals surface area contributed by atoms with Gasteiger partial charge in [0.15, 0.2) is 0 Å². The topological polar surface area (TPSA) is 66.4 Å². The molecule has 0 heterocycles. The van der Waals surface area contributed by atoms with Crippen molar-refractivity contribution in [2.75, 3.05) is 0 Å². The standard InChI is InChI=1S/C21H25NO3/c23-18(20-8-13-5-14(9-20)7-15(6-13)10-20)22-21(19(24)25)11-16-3-1-2-4-17(16)12-21/h1-4,13-15H,5-12H2,(H,22,23)(H,24,25). The molecule has 0 atom stereocenters. The second-order valence-corrected chi connectivity index (χ2v) is 9.16. The van der Waals surface area contributed by atoms with Gasteiger partial charge in [0, 0.05) is 18.3 Å². The number of carboxylic acid groups (broad SMARTS) is 1. The van der Waals surface area contributed by atoms with Crippen LogP contribution in [0.5, 0.6) is 0 Å². The number of carboxylic acids is 1. The van der Waals surface area contributed by atoms with Crippen molar-refractivity contribution in [2.24, 2.45) is 23.2 Å². The Morgan fingerprint density at radius 2 is 1.40 bits per heavy atom. The molecular weight excluding hydrogens is 314 g/mol. The van der Waals surface area contributed by atoms with E-state index >= 15 is 0 Å². The minimum absolute atomic E-state index is 0.0156. The molecule has 0 aromatic heterocycles. The van der Waals surface area contributed by atoms with E-state index in [2.05, 4.69) is 5.32 Å². The zero-order valence-electron chi connectivity index (χ0n) is 14.5. The lowest BCUT2D eigenvalue weighted by Crippen LogP contribution is -2.62. The molecule has 4 heteroatoms. The van der Waals surface area contributed by atoms with E-state index in [9.17, 15) is 14.7 Å². The lowest BCUT2D eigenvalue weighted by atomic mass is 9.49. The summed E-state index contributed by atoms with van der Waals surface area (Å²) in [5.74, 6) is 1.15. The Morgan fingerprint density at radius 1 is 0.920 bits per heavy atom. The third-order valence-electron chi connectivity index (χ3n) is 7.38. The van der Waals surface area contributed by atoms with E-state index in [0.29, 0.717) is 30.6 Å². The second-order valence-electron chi connectivity index (χ2n) is 9.16. The summed E-state index contributed by atoms with van der Waals surface area (Å²) in [5.41, 5.74) is 0.641. The first kappa shape index (κ1) is 15.4. The minimum atomic E-state index is -1.16. The van der Waals surface area contributed by atoms with Crippen LogP contribution in [0.4, 0.5) is 0 Å². The molecule has 132 valence electrons. The summed E-state index contributed by atoms with van der Waals surface area (Å²) in [6.07, 6.45) is 7.54. The second kappa shape index (κ2) is 5.09. The Bertz CT molecular complexity index is 693. The fourth-order valence-corrected chi connectivity index (χ4v) is 6.65. The largest absolute Gasteiger partial charge is 0.479 e. The predicted molar refractivity (Wildman–Crippen MR) is 93.0 cm³/mol. The summed E-state index contributed by atoms with van der Waals surface area (Å²) in [6.45, 7) is 0. The maximum absolute atomic E-state index is 13.3. The first-order valence-electron chi connectivity index (χ1n) is 9.61. The summed E-state index contributed by atoms with van der Waals surface area (Å²) < 4.78 is 0. The van der Waals surface area contributed by atoms with Crippen LogP contribution in [0.3, 0.4) is 0 Å².